The second kappa shape index (κ2) is 8.98. The van der Waals surface area contributed by atoms with Crippen molar-refractivity contribution in [3.8, 4) is 0 Å². The van der Waals surface area contributed by atoms with Gasteiger partial charge in [-0.15, -0.1) is 0 Å². The first-order valence-corrected chi connectivity index (χ1v) is 10.1. The summed E-state index contributed by atoms with van der Waals surface area (Å²) in [6.07, 6.45) is -0.204. The van der Waals surface area contributed by atoms with Gasteiger partial charge in [-0.2, -0.15) is 0 Å². The molecule has 1 heterocycles. The number of hydrogen-bond donors (Lipinski definition) is 0. The fourth-order valence-corrected chi connectivity index (χ4v) is 4.13. The molecule has 0 spiro atoms. The number of carbonyl (C=O) groups is 4. The Labute approximate surface area is 183 Å². The first-order valence-electron chi connectivity index (χ1n) is 9.31. The molecule has 156 valence electrons. The lowest BCUT2D eigenvalue weighted by molar-refractivity contribution is -0.305. The molecule has 2 atom stereocenters. The van der Waals surface area contributed by atoms with Crippen LogP contribution in [0, 0.1) is 12.8 Å². The molecule has 0 aliphatic carbocycles. The predicted molar refractivity (Wildman–Crippen MR) is 109 cm³/mol. The van der Waals surface area contributed by atoms with Crippen LogP contribution in [-0.2, 0) is 14.4 Å². The Morgan fingerprint density at radius 1 is 1.07 bits per heavy atom. The molecule has 2 aromatic carbocycles. The number of aryl methyl sites for hydroxylation is 1. The number of benzene rings is 2. The number of amides is 1. The Bertz CT molecular complexity index is 1020. The van der Waals surface area contributed by atoms with Crippen LogP contribution >= 0.6 is 23.2 Å². The Kier molecular flexibility index (Phi) is 6.58. The summed E-state index contributed by atoms with van der Waals surface area (Å²) >= 11 is 12.3. The number of hydrogen-bond acceptors (Lipinski definition) is 5. The van der Waals surface area contributed by atoms with E-state index in [0.29, 0.717) is 16.1 Å². The van der Waals surface area contributed by atoms with Crippen molar-refractivity contribution in [1.82, 2.24) is 4.90 Å². The highest BCUT2D eigenvalue weighted by atomic mass is 35.5. The molecule has 6 nitrogen and oxygen atoms in total. The number of likely N-dealkylation sites (tertiary alicyclic amines) is 1. The van der Waals surface area contributed by atoms with E-state index >= 15 is 0 Å². The van der Waals surface area contributed by atoms with Crippen molar-refractivity contribution in [3.63, 3.8) is 0 Å². The quantitative estimate of drug-likeness (QED) is 0.370. The Morgan fingerprint density at radius 3 is 2.33 bits per heavy atom. The highest BCUT2D eigenvalue weighted by Gasteiger charge is 2.51. The minimum Gasteiger partial charge on any atom is -0.550 e. The molecule has 0 aromatic heterocycles. The maximum atomic E-state index is 13.2. The van der Waals surface area contributed by atoms with E-state index in [2.05, 4.69) is 0 Å². The van der Waals surface area contributed by atoms with Crippen molar-refractivity contribution in [2.75, 3.05) is 6.54 Å². The molecule has 3 rings (SSSR count). The van der Waals surface area contributed by atoms with Gasteiger partial charge < -0.3 is 14.8 Å². The lowest BCUT2D eigenvalue weighted by Gasteiger charge is -2.28. The van der Waals surface area contributed by atoms with Crippen LogP contribution in [0.25, 0.3) is 0 Å². The number of nitrogens with zero attached hydrogens (tertiary/aromatic N) is 1. The summed E-state index contributed by atoms with van der Waals surface area (Å²) in [5.74, 6) is -4.73. The number of halogens is 2. The van der Waals surface area contributed by atoms with Gasteiger partial charge in [0.05, 0.1) is 6.04 Å². The molecule has 1 amide bonds. The fourth-order valence-electron chi connectivity index (χ4n) is 3.61. The topological polar surface area (TPSA) is 94.6 Å². The summed E-state index contributed by atoms with van der Waals surface area (Å²) in [6, 6.07) is 10.4. The van der Waals surface area contributed by atoms with Crippen LogP contribution in [0.2, 0.25) is 10.0 Å². The highest BCUT2D eigenvalue weighted by molar-refractivity contribution is 6.44. The van der Waals surface area contributed by atoms with Crippen molar-refractivity contribution in [1.29, 1.82) is 0 Å². The molecule has 8 heteroatoms. The summed E-state index contributed by atoms with van der Waals surface area (Å²) in [6.45, 7) is 1.84. The van der Waals surface area contributed by atoms with Crippen LogP contribution in [0.5, 0.6) is 0 Å². The number of Topliss-reactive ketones (excluding diaryl/α,β-unsaturated/α-hetero) is 2. The van der Waals surface area contributed by atoms with Crippen LogP contribution in [0.15, 0.2) is 42.5 Å². The van der Waals surface area contributed by atoms with Crippen molar-refractivity contribution in [2.24, 2.45) is 5.92 Å². The van der Waals surface area contributed by atoms with Gasteiger partial charge in [-0.05, 0) is 37.5 Å². The van der Waals surface area contributed by atoms with Crippen LogP contribution in [0.3, 0.4) is 0 Å². The third kappa shape index (κ3) is 4.40. The van der Waals surface area contributed by atoms with Gasteiger partial charge in [0.25, 0.3) is 5.91 Å². The maximum Gasteiger partial charge on any atom is 0.291 e. The van der Waals surface area contributed by atoms with E-state index in [0.717, 1.165) is 5.56 Å². The van der Waals surface area contributed by atoms with Gasteiger partial charge in [0.1, 0.15) is 5.92 Å². The monoisotopic (exact) mass is 446 g/mol. The Balaban J connectivity index is 2.04. The van der Waals surface area contributed by atoms with Gasteiger partial charge in [-0.25, -0.2) is 0 Å². The van der Waals surface area contributed by atoms with E-state index in [1.807, 2.05) is 6.92 Å². The third-order valence-corrected chi connectivity index (χ3v) is 5.65. The van der Waals surface area contributed by atoms with Gasteiger partial charge in [-0.3, -0.25) is 14.4 Å². The number of ketones is 2. The minimum atomic E-state index is -1.29. The van der Waals surface area contributed by atoms with Crippen molar-refractivity contribution in [2.45, 2.75) is 25.8 Å². The number of carboxylic acids is 1. The first kappa shape index (κ1) is 22.0. The van der Waals surface area contributed by atoms with Crippen molar-refractivity contribution >= 4 is 46.6 Å². The van der Waals surface area contributed by atoms with Gasteiger partial charge in [0.15, 0.2) is 5.78 Å². The normalized spacial score (nSPS) is 18.7. The summed E-state index contributed by atoms with van der Waals surface area (Å²) in [5, 5.41) is 11.4. The third-order valence-electron chi connectivity index (χ3n) is 5.09. The molecule has 1 fully saturated rings. The maximum absolute atomic E-state index is 13.2. The summed E-state index contributed by atoms with van der Waals surface area (Å²) in [4.78, 5) is 50.8. The molecule has 0 saturated carbocycles. The van der Waals surface area contributed by atoms with Gasteiger partial charge in [-0.1, -0.05) is 59.1 Å². The average Bonchev–Trinajstić information content (AvgIpc) is 2.93. The molecule has 1 aliphatic rings. The van der Waals surface area contributed by atoms with Crippen molar-refractivity contribution in [3.05, 3.63) is 69.2 Å². The predicted octanol–water partition coefficient (Wildman–Crippen LogP) is 2.78. The van der Waals surface area contributed by atoms with E-state index in [1.165, 1.54) is 11.0 Å². The van der Waals surface area contributed by atoms with Gasteiger partial charge >= 0.3 is 0 Å². The number of rotatable bonds is 7. The lowest BCUT2D eigenvalue weighted by atomic mass is 9.86. The smallest absolute Gasteiger partial charge is 0.291 e. The largest absolute Gasteiger partial charge is 0.550 e. The molecule has 0 radical (unpaired) electrons. The molecule has 30 heavy (non-hydrogen) atoms. The molecular formula is C22H18Cl2NO5-. The molecule has 0 bridgehead atoms. The zero-order valence-electron chi connectivity index (χ0n) is 16.1. The summed E-state index contributed by atoms with van der Waals surface area (Å²) in [5.41, 5.74) is 1.65. The summed E-state index contributed by atoms with van der Waals surface area (Å²) < 4.78 is 0. The minimum absolute atomic E-state index is 0.0279. The molecule has 1 saturated heterocycles. The molecular weight excluding hydrogens is 429 g/mol. The SMILES string of the molecule is Cc1ccc(C(=O)C2C(=O)C(=O)N(CCCC(=O)[O-])C2c2ccc(Cl)cc2Cl)cc1. The van der Waals surface area contributed by atoms with E-state index in [1.54, 1.807) is 36.4 Å². The van der Waals surface area contributed by atoms with Crippen LogP contribution < -0.4 is 5.11 Å². The Hall–Kier alpha value is -2.70. The lowest BCUT2D eigenvalue weighted by Crippen LogP contribution is -2.33. The van der Waals surface area contributed by atoms with Crippen LogP contribution in [-0.4, -0.2) is 34.9 Å². The van der Waals surface area contributed by atoms with E-state index in [4.69, 9.17) is 23.2 Å². The molecule has 1 aliphatic heterocycles. The number of carboxylic acid groups (broad SMARTS) is 1. The van der Waals surface area contributed by atoms with E-state index in [9.17, 15) is 24.3 Å². The second-order valence-corrected chi connectivity index (χ2v) is 8.00. The van der Waals surface area contributed by atoms with E-state index < -0.39 is 35.4 Å². The van der Waals surface area contributed by atoms with Crippen molar-refractivity contribution < 1.29 is 24.3 Å². The second-order valence-electron chi connectivity index (χ2n) is 7.16. The van der Waals surface area contributed by atoms with E-state index in [-0.39, 0.29) is 24.4 Å². The van der Waals surface area contributed by atoms with Gasteiger partial charge in [0.2, 0.25) is 5.78 Å². The molecule has 2 aromatic rings. The van der Waals surface area contributed by atoms with Crippen LogP contribution in [0.1, 0.15) is 40.4 Å². The zero-order valence-corrected chi connectivity index (χ0v) is 17.6. The standard InChI is InChI=1S/C22H19Cl2NO5/c1-12-4-6-13(7-5-12)20(28)18-19(15-9-8-14(23)11-16(15)24)25(22(30)21(18)29)10-2-3-17(26)27/h4-9,11,18-19H,2-3,10H2,1H3,(H,26,27)/p-1. The average molecular weight is 447 g/mol. The Morgan fingerprint density at radius 2 is 1.73 bits per heavy atom. The van der Waals surface area contributed by atoms with Crippen LogP contribution in [0.4, 0.5) is 0 Å². The number of aliphatic carboxylic acids is 1. The number of carbonyl (C=O) groups excluding carboxylic acids is 4. The zero-order chi connectivity index (χ0) is 22.0. The van der Waals surface area contributed by atoms with Gasteiger partial charge in [0, 0.05) is 28.1 Å². The molecule has 0 N–H and O–H groups in total. The highest BCUT2D eigenvalue weighted by Crippen LogP contribution is 2.41. The fraction of sp³-hybridized carbons (Fsp3) is 0.273. The molecule has 2 unspecified atom stereocenters. The first-order chi connectivity index (χ1) is 14.2. The summed E-state index contributed by atoms with van der Waals surface area (Å²) in [7, 11) is 0.